The van der Waals surface area contributed by atoms with Gasteiger partial charge in [-0.3, -0.25) is 0 Å². The van der Waals surface area contributed by atoms with Crippen molar-refractivity contribution in [3.63, 3.8) is 0 Å². The van der Waals surface area contributed by atoms with Gasteiger partial charge in [0.25, 0.3) is 0 Å². The van der Waals surface area contributed by atoms with Gasteiger partial charge in [-0.15, -0.1) is 0 Å². The Morgan fingerprint density at radius 2 is 2.25 bits per heavy atom. The van der Waals surface area contributed by atoms with Crippen molar-refractivity contribution in [1.82, 2.24) is 9.97 Å². The number of hydrogen-bond donors (Lipinski definition) is 1. The summed E-state index contributed by atoms with van der Waals surface area (Å²) in [5.41, 5.74) is 3.21. The first-order chi connectivity index (χ1) is 7.84. The van der Waals surface area contributed by atoms with E-state index in [2.05, 4.69) is 50.8 Å². The Morgan fingerprint density at radius 1 is 1.31 bits per heavy atom. The third-order valence-corrected chi connectivity index (χ3v) is 3.41. The van der Waals surface area contributed by atoms with E-state index < -0.39 is 0 Å². The van der Waals surface area contributed by atoms with Gasteiger partial charge in [0.05, 0.1) is 0 Å². The summed E-state index contributed by atoms with van der Waals surface area (Å²) < 4.78 is 1.20. The second kappa shape index (κ2) is 3.90. The molecule has 2 heterocycles. The van der Waals surface area contributed by atoms with Gasteiger partial charge in [-0.05, 0) is 46.4 Å². The molecule has 0 aliphatic heterocycles. The summed E-state index contributed by atoms with van der Waals surface area (Å²) in [7, 11) is 0. The second-order valence-corrected chi connectivity index (χ2v) is 4.71. The zero-order chi connectivity index (χ0) is 11.0. The number of halogens is 1. The summed E-state index contributed by atoms with van der Waals surface area (Å²) >= 11 is 2.31. The van der Waals surface area contributed by atoms with Crippen LogP contribution in [0.1, 0.15) is 0 Å². The van der Waals surface area contributed by atoms with Crippen LogP contribution in [0.3, 0.4) is 0 Å². The van der Waals surface area contributed by atoms with E-state index >= 15 is 0 Å². The third kappa shape index (κ3) is 1.61. The highest BCUT2D eigenvalue weighted by atomic mass is 127. The molecular formula is C13H8IN2. The lowest BCUT2D eigenvalue weighted by Gasteiger charge is -2.00. The minimum Gasteiger partial charge on any atom is -0.345 e. The van der Waals surface area contributed by atoms with Crippen molar-refractivity contribution in [1.29, 1.82) is 0 Å². The summed E-state index contributed by atoms with van der Waals surface area (Å²) in [6.07, 6.45) is 3.86. The fourth-order valence-corrected chi connectivity index (χ4v) is 2.27. The first-order valence-electron chi connectivity index (χ1n) is 4.94. The molecule has 0 spiro atoms. The topological polar surface area (TPSA) is 28.7 Å². The molecule has 3 rings (SSSR count). The number of benzene rings is 1. The molecule has 0 amide bonds. The van der Waals surface area contributed by atoms with Crippen molar-refractivity contribution < 1.29 is 0 Å². The number of rotatable bonds is 1. The molecule has 3 aromatic rings. The monoisotopic (exact) mass is 319 g/mol. The molecule has 1 radical (unpaired) electrons. The molecule has 1 N–H and O–H groups in total. The highest BCUT2D eigenvalue weighted by molar-refractivity contribution is 14.1. The molecule has 2 aromatic heterocycles. The lowest BCUT2D eigenvalue weighted by Crippen LogP contribution is -1.81. The van der Waals surface area contributed by atoms with Gasteiger partial charge in [0.1, 0.15) is 5.65 Å². The van der Waals surface area contributed by atoms with Gasteiger partial charge in [0.15, 0.2) is 0 Å². The predicted octanol–water partition coefficient (Wildman–Crippen LogP) is 3.63. The number of nitrogens with one attached hydrogen (secondary N) is 1. The quantitative estimate of drug-likeness (QED) is 0.682. The first-order valence-corrected chi connectivity index (χ1v) is 6.01. The molecule has 3 heteroatoms. The Labute approximate surface area is 107 Å². The smallest absolute Gasteiger partial charge is 0.138 e. The first kappa shape index (κ1) is 9.84. The largest absolute Gasteiger partial charge is 0.345 e. The molecule has 0 unspecified atom stereocenters. The van der Waals surface area contributed by atoms with Crippen LogP contribution in [0.4, 0.5) is 0 Å². The van der Waals surface area contributed by atoms with E-state index in [-0.39, 0.29) is 0 Å². The van der Waals surface area contributed by atoms with Crippen LogP contribution in [0.5, 0.6) is 0 Å². The molecule has 77 valence electrons. The van der Waals surface area contributed by atoms with Gasteiger partial charge >= 0.3 is 0 Å². The summed E-state index contributed by atoms with van der Waals surface area (Å²) in [5.74, 6) is 0. The third-order valence-electron chi connectivity index (χ3n) is 2.52. The summed E-state index contributed by atoms with van der Waals surface area (Å²) in [6, 6.07) is 13.2. The van der Waals surface area contributed by atoms with E-state index in [1.54, 1.807) is 0 Å². The second-order valence-electron chi connectivity index (χ2n) is 3.55. The van der Waals surface area contributed by atoms with Crippen molar-refractivity contribution in [2.45, 2.75) is 0 Å². The van der Waals surface area contributed by atoms with Crippen LogP contribution in [0.2, 0.25) is 0 Å². The number of nitrogens with zero attached hydrogens (tertiary/aromatic N) is 1. The Morgan fingerprint density at radius 3 is 3.06 bits per heavy atom. The standard InChI is InChI=1S/C13H8IN2/c14-12-8-16-13-11(12)6-10(7-15-13)9-4-2-1-3-5-9/h1-2,4-8H,(H,15,16). The number of H-pyrrole nitrogens is 1. The van der Waals surface area contributed by atoms with E-state index in [1.807, 2.05) is 30.6 Å². The molecule has 0 aliphatic rings. The Balaban J connectivity index is 2.22. The SMILES string of the molecule is Ic1c[nH]c2ncc(-c3c[c]ccc3)cc12. The molecular weight excluding hydrogens is 311 g/mol. The van der Waals surface area contributed by atoms with Gasteiger partial charge in [0.2, 0.25) is 0 Å². The molecule has 2 nitrogen and oxygen atoms in total. The maximum Gasteiger partial charge on any atom is 0.138 e. The summed E-state index contributed by atoms with van der Waals surface area (Å²) in [4.78, 5) is 7.54. The van der Waals surface area contributed by atoms with Gasteiger partial charge in [-0.2, -0.15) is 0 Å². The Hall–Kier alpha value is -1.36. The lowest BCUT2D eigenvalue weighted by molar-refractivity contribution is 1.32. The molecule has 0 saturated carbocycles. The minimum absolute atomic E-state index is 0.938. The van der Waals surface area contributed by atoms with Crippen molar-refractivity contribution in [2.24, 2.45) is 0 Å². The summed E-state index contributed by atoms with van der Waals surface area (Å²) in [5, 5.41) is 1.17. The molecule has 0 fully saturated rings. The van der Waals surface area contributed by atoms with E-state index in [4.69, 9.17) is 0 Å². The van der Waals surface area contributed by atoms with Crippen LogP contribution in [-0.2, 0) is 0 Å². The maximum absolute atomic E-state index is 4.40. The average molecular weight is 319 g/mol. The van der Waals surface area contributed by atoms with Crippen molar-refractivity contribution in [3.05, 3.63) is 52.4 Å². The number of aromatic nitrogens is 2. The zero-order valence-corrected chi connectivity index (χ0v) is 10.5. The fraction of sp³-hybridized carbons (Fsp3) is 0. The molecule has 0 aliphatic carbocycles. The highest BCUT2D eigenvalue weighted by Crippen LogP contribution is 2.24. The average Bonchev–Trinajstić information content (AvgIpc) is 2.72. The zero-order valence-electron chi connectivity index (χ0n) is 8.37. The van der Waals surface area contributed by atoms with Gasteiger partial charge < -0.3 is 4.98 Å². The van der Waals surface area contributed by atoms with Gasteiger partial charge in [0, 0.05) is 26.9 Å². The Kier molecular flexibility index (Phi) is 2.40. The highest BCUT2D eigenvalue weighted by Gasteiger charge is 2.04. The Bertz CT molecular complexity index is 629. The van der Waals surface area contributed by atoms with E-state index in [9.17, 15) is 0 Å². The minimum atomic E-state index is 0.938. The fourth-order valence-electron chi connectivity index (χ4n) is 1.70. The van der Waals surface area contributed by atoms with Crippen molar-refractivity contribution >= 4 is 33.6 Å². The van der Waals surface area contributed by atoms with Crippen LogP contribution in [-0.4, -0.2) is 9.97 Å². The number of pyridine rings is 1. The van der Waals surface area contributed by atoms with E-state index in [0.717, 1.165) is 16.8 Å². The molecule has 0 atom stereocenters. The normalized spacial score (nSPS) is 10.8. The molecule has 0 saturated heterocycles. The maximum atomic E-state index is 4.40. The van der Waals surface area contributed by atoms with E-state index in [1.165, 1.54) is 8.96 Å². The predicted molar refractivity (Wildman–Crippen MR) is 73.1 cm³/mol. The number of hydrogen-bond acceptors (Lipinski definition) is 1. The van der Waals surface area contributed by atoms with Crippen LogP contribution in [0.15, 0.2) is 42.7 Å². The van der Waals surface area contributed by atoms with Gasteiger partial charge in [-0.1, -0.05) is 18.2 Å². The number of fused-ring (bicyclic) bond motifs is 1. The van der Waals surface area contributed by atoms with Crippen molar-refractivity contribution in [2.75, 3.05) is 0 Å². The molecule has 1 aromatic carbocycles. The summed E-state index contributed by atoms with van der Waals surface area (Å²) in [6.45, 7) is 0. The molecule has 16 heavy (non-hydrogen) atoms. The number of aromatic amines is 1. The van der Waals surface area contributed by atoms with E-state index in [0.29, 0.717) is 0 Å². The van der Waals surface area contributed by atoms with Crippen LogP contribution in [0.25, 0.3) is 22.2 Å². The van der Waals surface area contributed by atoms with Crippen LogP contribution in [0, 0.1) is 9.64 Å². The van der Waals surface area contributed by atoms with Gasteiger partial charge in [-0.25, -0.2) is 4.98 Å². The van der Waals surface area contributed by atoms with Crippen LogP contribution >= 0.6 is 22.6 Å². The van der Waals surface area contributed by atoms with Crippen molar-refractivity contribution in [3.8, 4) is 11.1 Å². The molecule has 0 bridgehead atoms. The lowest BCUT2D eigenvalue weighted by atomic mass is 10.1. The van der Waals surface area contributed by atoms with Crippen LogP contribution < -0.4 is 0 Å².